The van der Waals surface area contributed by atoms with Gasteiger partial charge in [-0.2, -0.15) is 0 Å². The quantitative estimate of drug-likeness (QED) is 0.684. The van der Waals surface area contributed by atoms with Gasteiger partial charge in [-0.05, 0) is 43.0 Å². The Balaban J connectivity index is 2.59. The molecule has 1 nitrogen and oxygen atoms in total. The predicted octanol–water partition coefficient (Wildman–Crippen LogP) is 4.14. The molecule has 0 radical (unpaired) electrons. The van der Waals surface area contributed by atoms with Crippen LogP contribution in [-0.4, -0.2) is 5.78 Å². The average Bonchev–Trinajstić information content (AvgIpc) is 2.15. The van der Waals surface area contributed by atoms with Crippen molar-refractivity contribution in [2.24, 2.45) is 5.92 Å². The molecular formula is C14H19FO. The number of ketones is 1. The Morgan fingerprint density at radius 3 is 2.56 bits per heavy atom. The van der Waals surface area contributed by atoms with E-state index in [9.17, 15) is 9.18 Å². The van der Waals surface area contributed by atoms with Crippen LogP contribution in [0.2, 0.25) is 0 Å². The molecule has 0 aliphatic carbocycles. The lowest BCUT2D eigenvalue weighted by molar-refractivity contribution is 0.0977. The van der Waals surface area contributed by atoms with Crippen molar-refractivity contribution >= 4 is 5.78 Å². The van der Waals surface area contributed by atoms with E-state index in [1.807, 2.05) is 0 Å². The molecule has 0 bridgehead atoms. The molecule has 16 heavy (non-hydrogen) atoms. The molecule has 0 saturated carbocycles. The summed E-state index contributed by atoms with van der Waals surface area (Å²) in [6, 6.07) is 4.51. The van der Waals surface area contributed by atoms with Gasteiger partial charge < -0.3 is 0 Å². The fourth-order valence-corrected chi connectivity index (χ4v) is 1.71. The van der Waals surface area contributed by atoms with Gasteiger partial charge in [-0.1, -0.05) is 20.3 Å². The number of Topliss-reactive ketones (excluding diaryl/α,β-unsaturated/α-hetero) is 1. The monoisotopic (exact) mass is 222 g/mol. The van der Waals surface area contributed by atoms with Crippen LogP contribution in [0.1, 0.15) is 49.0 Å². The van der Waals surface area contributed by atoms with Crippen molar-refractivity contribution in [2.75, 3.05) is 0 Å². The molecule has 0 unspecified atom stereocenters. The minimum atomic E-state index is -0.327. The van der Waals surface area contributed by atoms with E-state index in [1.54, 1.807) is 13.0 Å². The summed E-state index contributed by atoms with van der Waals surface area (Å²) >= 11 is 0. The van der Waals surface area contributed by atoms with Crippen molar-refractivity contribution in [1.82, 2.24) is 0 Å². The summed E-state index contributed by atoms with van der Waals surface area (Å²) in [5, 5.41) is 0. The number of halogens is 1. The zero-order chi connectivity index (χ0) is 12.1. The van der Waals surface area contributed by atoms with E-state index in [4.69, 9.17) is 0 Å². The van der Waals surface area contributed by atoms with Crippen LogP contribution < -0.4 is 0 Å². The Hall–Kier alpha value is -1.18. The Bertz CT molecular complexity index is 349. The van der Waals surface area contributed by atoms with Gasteiger partial charge in [0.15, 0.2) is 5.78 Å². The van der Waals surface area contributed by atoms with Crippen LogP contribution in [0, 0.1) is 18.7 Å². The summed E-state index contributed by atoms with van der Waals surface area (Å²) in [5.41, 5.74) is 1.30. The topological polar surface area (TPSA) is 17.1 Å². The summed E-state index contributed by atoms with van der Waals surface area (Å²) in [5.74, 6) is 0.331. The Morgan fingerprint density at radius 1 is 1.31 bits per heavy atom. The first-order chi connectivity index (χ1) is 7.49. The molecule has 0 saturated heterocycles. The molecule has 0 N–H and O–H groups in total. The number of benzene rings is 1. The first kappa shape index (κ1) is 12.9. The highest BCUT2D eigenvalue weighted by Gasteiger charge is 2.08. The Morgan fingerprint density at radius 2 is 2.00 bits per heavy atom. The third kappa shape index (κ3) is 4.13. The summed E-state index contributed by atoms with van der Waals surface area (Å²) in [6.45, 7) is 6.07. The fourth-order valence-electron chi connectivity index (χ4n) is 1.71. The van der Waals surface area contributed by atoms with Crippen LogP contribution >= 0.6 is 0 Å². The van der Waals surface area contributed by atoms with E-state index >= 15 is 0 Å². The van der Waals surface area contributed by atoms with Gasteiger partial charge in [0.1, 0.15) is 5.82 Å². The van der Waals surface area contributed by atoms with E-state index < -0.39 is 0 Å². The van der Waals surface area contributed by atoms with Gasteiger partial charge in [0.25, 0.3) is 0 Å². The van der Waals surface area contributed by atoms with Crippen molar-refractivity contribution in [3.8, 4) is 0 Å². The van der Waals surface area contributed by atoms with Gasteiger partial charge in [-0.3, -0.25) is 4.79 Å². The lowest BCUT2D eigenvalue weighted by Crippen LogP contribution is -2.01. The molecular weight excluding hydrogens is 203 g/mol. The smallest absolute Gasteiger partial charge is 0.162 e. The Kier molecular flexibility index (Phi) is 4.66. The third-order valence-electron chi connectivity index (χ3n) is 2.55. The van der Waals surface area contributed by atoms with Gasteiger partial charge in [-0.15, -0.1) is 0 Å². The summed E-state index contributed by atoms with van der Waals surface area (Å²) in [4.78, 5) is 11.8. The van der Waals surface area contributed by atoms with Crippen molar-refractivity contribution in [3.05, 3.63) is 35.1 Å². The molecule has 0 heterocycles. The molecule has 0 fully saturated rings. The zero-order valence-electron chi connectivity index (χ0n) is 10.2. The summed E-state index contributed by atoms with van der Waals surface area (Å²) in [6.07, 6.45) is 2.44. The van der Waals surface area contributed by atoms with Gasteiger partial charge in [-0.25, -0.2) is 4.39 Å². The second kappa shape index (κ2) is 5.78. The lowest BCUT2D eigenvalue weighted by Gasteiger charge is -2.05. The number of carbonyl (C=O) groups excluding carboxylic acids is 1. The summed E-state index contributed by atoms with van der Waals surface area (Å²) < 4.78 is 13.1. The minimum Gasteiger partial charge on any atom is -0.294 e. The maximum Gasteiger partial charge on any atom is 0.162 e. The number of rotatable bonds is 5. The lowest BCUT2D eigenvalue weighted by atomic mass is 10.0. The van der Waals surface area contributed by atoms with Gasteiger partial charge in [0, 0.05) is 12.0 Å². The standard InChI is InChI=1S/C14H19FO/c1-10(2)5-4-6-14(16)12-7-11(3)8-13(15)9-12/h7-10H,4-6H2,1-3H3. The van der Waals surface area contributed by atoms with Crippen LogP contribution in [0.5, 0.6) is 0 Å². The molecule has 0 spiro atoms. The first-order valence-electron chi connectivity index (χ1n) is 5.79. The zero-order valence-corrected chi connectivity index (χ0v) is 10.2. The van der Waals surface area contributed by atoms with Crippen LogP contribution in [0.3, 0.4) is 0 Å². The van der Waals surface area contributed by atoms with E-state index in [2.05, 4.69) is 13.8 Å². The van der Waals surface area contributed by atoms with Crippen molar-refractivity contribution in [2.45, 2.75) is 40.0 Å². The van der Waals surface area contributed by atoms with E-state index in [1.165, 1.54) is 12.1 Å². The van der Waals surface area contributed by atoms with Crippen molar-refractivity contribution < 1.29 is 9.18 Å². The van der Waals surface area contributed by atoms with E-state index in [-0.39, 0.29) is 11.6 Å². The molecule has 0 aromatic heterocycles. The molecule has 1 aromatic rings. The molecule has 88 valence electrons. The molecule has 0 aliphatic rings. The van der Waals surface area contributed by atoms with Gasteiger partial charge >= 0.3 is 0 Å². The normalized spacial score (nSPS) is 10.8. The summed E-state index contributed by atoms with van der Waals surface area (Å²) in [7, 11) is 0. The fraction of sp³-hybridized carbons (Fsp3) is 0.500. The predicted molar refractivity (Wildman–Crippen MR) is 64.2 cm³/mol. The second-order valence-corrected chi connectivity index (χ2v) is 4.73. The highest BCUT2D eigenvalue weighted by atomic mass is 19.1. The number of hydrogen-bond acceptors (Lipinski definition) is 1. The average molecular weight is 222 g/mol. The van der Waals surface area contributed by atoms with Crippen LogP contribution in [0.15, 0.2) is 18.2 Å². The highest BCUT2D eigenvalue weighted by molar-refractivity contribution is 5.96. The molecule has 0 atom stereocenters. The van der Waals surface area contributed by atoms with Gasteiger partial charge in [0.05, 0.1) is 0 Å². The first-order valence-corrected chi connectivity index (χ1v) is 5.79. The highest BCUT2D eigenvalue weighted by Crippen LogP contribution is 2.13. The van der Waals surface area contributed by atoms with Crippen LogP contribution in [0.4, 0.5) is 4.39 Å². The van der Waals surface area contributed by atoms with Crippen molar-refractivity contribution in [1.29, 1.82) is 0 Å². The van der Waals surface area contributed by atoms with E-state index in [0.29, 0.717) is 17.9 Å². The SMILES string of the molecule is Cc1cc(F)cc(C(=O)CCCC(C)C)c1. The molecule has 0 aliphatic heterocycles. The maximum absolute atomic E-state index is 13.1. The van der Waals surface area contributed by atoms with Crippen LogP contribution in [0.25, 0.3) is 0 Å². The molecule has 2 heteroatoms. The Labute approximate surface area is 96.7 Å². The third-order valence-corrected chi connectivity index (χ3v) is 2.55. The largest absolute Gasteiger partial charge is 0.294 e. The molecule has 1 rings (SSSR count). The van der Waals surface area contributed by atoms with Crippen LogP contribution in [-0.2, 0) is 0 Å². The number of aryl methyl sites for hydroxylation is 1. The van der Waals surface area contributed by atoms with E-state index in [0.717, 1.165) is 18.4 Å². The minimum absolute atomic E-state index is 0.0447. The van der Waals surface area contributed by atoms with Gasteiger partial charge in [0.2, 0.25) is 0 Å². The van der Waals surface area contributed by atoms with Crippen molar-refractivity contribution in [3.63, 3.8) is 0 Å². The maximum atomic E-state index is 13.1. The molecule has 1 aromatic carbocycles. The number of carbonyl (C=O) groups is 1. The molecule has 0 amide bonds. The second-order valence-electron chi connectivity index (χ2n) is 4.73. The number of hydrogen-bond donors (Lipinski definition) is 0.